The molecule has 28 heavy (non-hydrogen) atoms. The van der Waals surface area contributed by atoms with Crippen LogP contribution in [0.4, 0.5) is 4.79 Å². The minimum atomic E-state index is -1.17. The van der Waals surface area contributed by atoms with Crippen molar-refractivity contribution in [3.8, 4) is 5.75 Å². The molecule has 0 radical (unpaired) electrons. The van der Waals surface area contributed by atoms with Gasteiger partial charge < -0.3 is 14.6 Å². The number of carbonyl (C=O) groups is 2. The lowest BCUT2D eigenvalue weighted by molar-refractivity contribution is -0.143. The van der Waals surface area contributed by atoms with Crippen LogP contribution in [0.2, 0.25) is 0 Å². The van der Waals surface area contributed by atoms with Crippen LogP contribution in [-0.2, 0) is 16.1 Å². The van der Waals surface area contributed by atoms with Crippen LogP contribution >= 0.6 is 0 Å². The Kier molecular flexibility index (Phi) is 6.67. The number of carboxylic acid groups (broad SMARTS) is 1. The second-order valence-corrected chi connectivity index (χ2v) is 7.61. The zero-order valence-electron chi connectivity index (χ0n) is 16.9. The Morgan fingerprint density at radius 3 is 2.07 bits per heavy atom. The first kappa shape index (κ1) is 21.3. The van der Waals surface area contributed by atoms with Crippen molar-refractivity contribution in [3.05, 3.63) is 65.2 Å². The number of aryl methyl sites for hydroxylation is 1. The number of rotatable bonds is 6. The summed E-state index contributed by atoms with van der Waals surface area (Å²) in [4.78, 5) is 26.2. The van der Waals surface area contributed by atoms with E-state index in [1.807, 2.05) is 19.1 Å². The van der Waals surface area contributed by atoms with Gasteiger partial charge in [-0.3, -0.25) is 4.90 Å². The van der Waals surface area contributed by atoms with E-state index in [4.69, 9.17) is 9.47 Å². The van der Waals surface area contributed by atoms with Crippen LogP contribution < -0.4 is 4.74 Å². The molecule has 0 heterocycles. The van der Waals surface area contributed by atoms with Gasteiger partial charge in [0.1, 0.15) is 11.4 Å². The Morgan fingerprint density at radius 1 is 1.04 bits per heavy atom. The summed E-state index contributed by atoms with van der Waals surface area (Å²) in [7, 11) is 1.57. The van der Waals surface area contributed by atoms with Crippen molar-refractivity contribution < 1.29 is 24.2 Å². The van der Waals surface area contributed by atoms with Crippen LogP contribution in [0, 0.1) is 6.92 Å². The lowest BCUT2D eigenvalue weighted by atomic mass is 10.0. The van der Waals surface area contributed by atoms with Gasteiger partial charge in [0.15, 0.2) is 6.04 Å². The van der Waals surface area contributed by atoms with Gasteiger partial charge in [-0.1, -0.05) is 42.0 Å². The van der Waals surface area contributed by atoms with Crippen molar-refractivity contribution in [2.45, 2.75) is 45.9 Å². The summed E-state index contributed by atoms with van der Waals surface area (Å²) in [6.07, 6.45) is -0.684. The normalized spacial score (nSPS) is 12.2. The highest BCUT2D eigenvalue weighted by molar-refractivity contribution is 5.81. The number of aliphatic carboxylic acids is 1. The van der Waals surface area contributed by atoms with Crippen LogP contribution in [0.3, 0.4) is 0 Å². The van der Waals surface area contributed by atoms with Crippen molar-refractivity contribution in [1.82, 2.24) is 4.90 Å². The summed E-state index contributed by atoms with van der Waals surface area (Å²) in [6, 6.07) is 13.1. The van der Waals surface area contributed by atoms with E-state index in [0.29, 0.717) is 11.3 Å². The minimum Gasteiger partial charge on any atom is -0.497 e. The molecule has 0 aliphatic heterocycles. The van der Waals surface area contributed by atoms with Gasteiger partial charge in [-0.05, 0) is 51.0 Å². The Morgan fingerprint density at radius 2 is 1.61 bits per heavy atom. The highest BCUT2D eigenvalue weighted by atomic mass is 16.6. The molecule has 150 valence electrons. The monoisotopic (exact) mass is 385 g/mol. The second kappa shape index (κ2) is 8.78. The van der Waals surface area contributed by atoms with Gasteiger partial charge in [0.05, 0.1) is 13.7 Å². The molecular formula is C22H27NO5. The number of ether oxygens (including phenoxy) is 2. The van der Waals surface area contributed by atoms with Crippen molar-refractivity contribution in [3.63, 3.8) is 0 Å². The third-order valence-corrected chi connectivity index (χ3v) is 4.08. The highest BCUT2D eigenvalue weighted by Gasteiger charge is 2.34. The predicted molar refractivity (Wildman–Crippen MR) is 106 cm³/mol. The average Bonchev–Trinajstić information content (AvgIpc) is 2.61. The number of carbonyl (C=O) groups excluding carboxylic acids is 1. The lowest BCUT2D eigenvalue weighted by Crippen LogP contribution is -2.41. The van der Waals surface area contributed by atoms with Gasteiger partial charge in [-0.15, -0.1) is 0 Å². The summed E-state index contributed by atoms with van der Waals surface area (Å²) in [5.74, 6) is -0.441. The predicted octanol–water partition coefficient (Wildman–Crippen LogP) is 4.57. The molecule has 0 aliphatic carbocycles. The minimum absolute atomic E-state index is 0.0871. The smallest absolute Gasteiger partial charge is 0.411 e. The fourth-order valence-electron chi connectivity index (χ4n) is 2.71. The topological polar surface area (TPSA) is 76.1 Å². The molecule has 2 aromatic carbocycles. The third kappa shape index (κ3) is 5.74. The Bertz CT molecular complexity index is 806. The first-order valence-corrected chi connectivity index (χ1v) is 9.02. The average molecular weight is 385 g/mol. The van der Waals surface area contributed by atoms with E-state index in [-0.39, 0.29) is 6.54 Å². The highest BCUT2D eigenvalue weighted by Crippen LogP contribution is 2.27. The largest absolute Gasteiger partial charge is 0.497 e. The Balaban J connectivity index is 2.42. The van der Waals surface area contributed by atoms with E-state index < -0.39 is 23.7 Å². The number of benzene rings is 2. The molecule has 0 fully saturated rings. The zero-order chi connectivity index (χ0) is 20.9. The number of hydrogen-bond acceptors (Lipinski definition) is 4. The third-order valence-electron chi connectivity index (χ3n) is 4.08. The number of amides is 1. The first-order valence-electron chi connectivity index (χ1n) is 9.02. The van der Waals surface area contributed by atoms with Gasteiger partial charge in [0.2, 0.25) is 0 Å². The molecule has 1 atom stereocenters. The summed E-state index contributed by atoms with van der Waals surface area (Å²) < 4.78 is 10.6. The van der Waals surface area contributed by atoms with Crippen LogP contribution in [-0.4, -0.2) is 34.8 Å². The van der Waals surface area contributed by atoms with Crippen molar-refractivity contribution in [2.75, 3.05) is 7.11 Å². The van der Waals surface area contributed by atoms with Crippen LogP contribution in [0.25, 0.3) is 0 Å². The van der Waals surface area contributed by atoms with Crippen LogP contribution in [0.1, 0.15) is 43.5 Å². The van der Waals surface area contributed by atoms with Crippen LogP contribution in [0.5, 0.6) is 5.75 Å². The molecule has 2 aromatic rings. The molecule has 0 aliphatic rings. The Hall–Kier alpha value is -3.02. The van der Waals surface area contributed by atoms with Crippen molar-refractivity contribution in [1.29, 1.82) is 0 Å². The fraction of sp³-hybridized carbons (Fsp3) is 0.364. The van der Waals surface area contributed by atoms with E-state index in [1.54, 1.807) is 64.3 Å². The molecule has 1 amide bonds. The number of hydrogen-bond donors (Lipinski definition) is 1. The van der Waals surface area contributed by atoms with Crippen LogP contribution in [0.15, 0.2) is 48.5 Å². The SMILES string of the molecule is COc1ccc(CN(C(=O)OC(C)(C)C)[C@@H](C(=O)O)c2ccc(C)cc2)cc1. The lowest BCUT2D eigenvalue weighted by Gasteiger charge is -2.32. The number of carboxylic acids is 1. The van der Waals surface area contributed by atoms with E-state index in [9.17, 15) is 14.7 Å². The maximum Gasteiger partial charge on any atom is 0.411 e. The molecule has 0 saturated carbocycles. The first-order chi connectivity index (χ1) is 13.1. The summed E-state index contributed by atoms with van der Waals surface area (Å²) >= 11 is 0. The standard InChI is InChI=1S/C22H27NO5/c1-15-6-10-17(11-7-15)19(20(24)25)23(21(26)28-22(2,3)4)14-16-8-12-18(27-5)13-9-16/h6-13,19H,14H2,1-5H3,(H,24,25)/t19-/m1/s1. The number of methoxy groups -OCH3 is 1. The molecule has 0 bridgehead atoms. The maximum absolute atomic E-state index is 12.9. The van der Waals surface area contributed by atoms with E-state index >= 15 is 0 Å². The molecule has 0 unspecified atom stereocenters. The molecule has 1 N–H and O–H groups in total. The van der Waals surface area contributed by atoms with Crippen molar-refractivity contribution in [2.24, 2.45) is 0 Å². The van der Waals surface area contributed by atoms with Gasteiger partial charge in [0, 0.05) is 0 Å². The van der Waals surface area contributed by atoms with Gasteiger partial charge in [-0.2, -0.15) is 0 Å². The second-order valence-electron chi connectivity index (χ2n) is 7.61. The van der Waals surface area contributed by atoms with Gasteiger partial charge >= 0.3 is 12.1 Å². The Labute approximate surface area is 165 Å². The van der Waals surface area contributed by atoms with Gasteiger partial charge in [0.25, 0.3) is 0 Å². The zero-order valence-corrected chi connectivity index (χ0v) is 16.9. The molecule has 6 nitrogen and oxygen atoms in total. The van der Waals surface area contributed by atoms with E-state index in [2.05, 4.69) is 0 Å². The molecule has 0 saturated heterocycles. The summed E-state index contributed by atoms with van der Waals surface area (Å²) in [6.45, 7) is 7.25. The quantitative estimate of drug-likeness (QED) is 0.788. The molecular weight excluding hydrogens is 358 g/mol. The van der Waals surface area contributed by atoms with E-state index in [1.165, 1.54) is 4.90 Å². The molecule has 0 spiro atoms. The molecule has 0 aromatic heterocycles. The molecule has 2 rings (SSSR count). The number of nitrogens with zero attached hydrogens (tertiary/aromatic N) is 1. The van der Waals surface area contributed by atoms with E-state index in [0.717, 1.165) is 11.1 Å². The van der Waals surface area contributed by atoms with Gasteiger partial charge in [-0.25, -0.2) is 9.59 Å². The van der Waals surface area contributed by atoms with Crippen molar-refractivity contribution >= 4 is 12.1 Å². The maximum atomic E-state index is 12.9. The fourth-order valence-corrected chi connectivity index (χ4v) is 2.71. The summed E-state index contributed by atoms with van der Waals surface area (Å²) in [5, 5.41) is 9.90. The molecule has 6 heteroatoms. The summed E-state index contributed by atoms with van der Waals surface area (Å²) in [5.41, 5.74) is 1.54.